The van der Waals surface area contributed by atoms with Crippen LogP contribution < -0.4 is 0 Å². The Morgan fingerprint density at radius 2 is 1.67 bits per heavy atom. The average Bonchev–Trinajstić information content (AvgIpc) is 2.32. The number of aliphatic hydroxyl groups is 1. The lowest BCUT2D eigenvalue weighted by Gasteiger charge is -2.14. The van der Waals surface area contributed by atoms with Crippen LogP contribution in [0.5, 0.6) is 0 Å². The molecule has 0 amide bonds. The quantitative estimate of drug-likeness (QED) is 0.846. The lowest BCUT2D eigenvalue weighted by atomic mass is 9.98. The number of halogens is 2. The molecule has 0 fully saturated rings. The fourth-order valence-electron chi connectivity index (χ4n) is 1.84. The maximum Gasteiger partial charge on any atom is 0.105 e. The molecule has 3 heteroatoms. The molecule has 0 aliphatic carbocycles. The molecule has 0 aliphatic rings. The zero-order chi connectivity index (χ0) is 13.3. The van der Waals surface area contributed by atoms with Crippen molar-refractivity contribution in [2.75, 3.05) is 0 Å². The van der Waals surface area contributed by atoms with Gasteiger partial charge in [-0.1, -0.05) is 47.5 Å². The second kappa shape index (κ2) is 5.31. The Morgan fingerprint density at radius 3 is 2.28 bits per heavy atom. The Labute approximate surface area is 117 Å². The molecule has 2 aromatic carbocycles. The fourth-order valence-corrected chi connectivity index (χ4v) is 2.35. The van der Waals surface area contributed by atoms with E-state index in [2.05, 4.69) is 0 Å². The molecule has 2 aromatic rings. The van der Waals surface area contributed by atoms with Gasteiger partial charge in [0.2, 0.25) is 0 Å². The number of hydrogen-bond acceptors (Lipinski definition) is 1. The summed E-state index contributed by atoms with van der Waals surface area (Å²) >= 11 is 11.9. The molecule has 94 valence electrons. The Morgan fingerprint density at radius 1 is 0.944 bits per heavy atom. The average molecular weight is 281 g/mol. The first-order chi connectivity index (χ1) is 8.49. The molecule has 18 heavy (non-hydrogen) atoms. The van der Waals surface area contributed by atoms with Gasteiger partial charge in [-0.3, -0.25) is 0 Å². The summed E-state index contributed by atoms with van der Waals surface area (Å²) in [6, 6.07) is 11.0. The van der Waals surface area contributed by atoms with Crippen molar-refractivity contribution in [3.8, 4) is 0 Å². The third-order valence-electron chi connectivity index (χ3n) is 3.10. The number of rotatable bonds is 2. The zero-order valence-corrected chi connectivity index (χ0v) is 11.8. The maximum atomic E-state index is 10.4. The highest BCUT2D eigenvalue weighted by molar-refractivity contribution is 6.35. The van der Waals surface area contributed by atoms with Crippen LogP contribution in [0.3, 0.4) is 0 Å². The minimum Gasteiger partial charge on any atom is -0.384 e. The molecule has 0 heterocycles. The summed E-state index contributed by atoms with van der Waals surface area (Å²) in [7, 11) is 0. The number of aryl methyl sites for hydroxylation is 2. The van der Waals surface area contributed by atoms with Crippen LogP contribution in [0.25, 0.3) is 0 Å². The summed E-state index contributed by atoms with van der Waals surface area (Å²) in [5, 5.41) is 11.4. The van der Waals surface area contributed by atoms with E-state index in [1.165, 1.54) is 5.56 Å². The van der Waals surface area contributed by atoms with Crippen LogP contribution >= 0.6 is 23.2 Å². The largest absolute Gasteiger partial charge is 0.384 e. The minimum absolute atomic E-state index is 0.480. The Hall–Kier alpha value is -1.02. The molecule has 0 radical (unpaired) electrons. The monoisotopic (exact) mass is 280 g/mol. The van der Waals surface area contributed by atoms with E-state index in [9.17, 15) is 5.11 Å². The number of aliphatic hydroxyl groups excluding tert-OH is 1. The van der Waals surface area contributed by atoms with Gasteiger partial charge >= 0.3 is 0 Å². The van der Waals surface area contributed by atoms with Gasteiger partial charge in [-0.05, 0) is 42.7 Å². The molecule has 0 bridgehead atoms. The highest BCUT2D eigenvalue weighted by Crippen LogP contribution is 2.31. The van der Waals surface area contributed by atoms with E-state index in [1.807, 2.05) is 32.0 Å². The van der Waals surface area contributed by atoms with Gasteiger partial charge in [0.1, 0.15) is 6.10 Å². The smallest absolute Gasteiger partial charge is 0.105 e. The van der Waals surface area contributed by atoms with E-state index in [0.717, 1.165) is 11.1 Å². The lowest BCUT2D eigenvalue weighted by molar-refractivity contribution is 0.220. The molecule has 0 saturated carbocycles. The summed E-state index contributed by atoms with van der Waals surface area (Å²) in [5.41, 5.74) is 3.86. The summed E-state index contributed by atoms with van der Waals surface area (Å²) in [6.07, 6.45) is -0.728. The van der Waals surface area contributed by atoms with E-state index in [-0.39, 0.29) is 0 Å². The van der Waals surface area contributed by atoms with Crippen molar-refractivity contribution in [3.63, 3.8) is 0 Å². The van der Waals surface area contributed by atoms with Gasteiger partial charge in [0.05, 0.1) is 0 Å². The lowest BCUT2D eigenvalue weighted by Crippen LogP contribution is -2.01. The standard InChI is InChI=1S/C15H14Cl2O/c1-9-3-4-11(7-10(9)2)15(18)13-6-5-12(16)8-14(13)17/h3-8,15,18H,1-2H3/t15-/m0/s1. The van der Waals surface area contributed by atoms with Crippen LogP contribution in [0.4, 0.5) is 0 Å². The van der Waals surface area contributed by atoms with Crippen molar-refractivity contribution in [3.05, 3.63) is 68.7 Å². The second-order valence-electron chi connectivity index (χ2n) is 4.41. The SMILES string of the molecule is Cc1ccc([C@H](O)c2ccc(Cl)cc2Cl)cc1C. The first-order valence-corrected chi connectivity index (χ1v) is 6.45. The number of benzene rings is 2. The van der Waals surface area contributed by atoms with Gasteiger partial charge in [0, 0.05) is 15.6 Å². The van der Waals surface area contributed by atoms with Crippen LogP contribution in [0, 0.1) is 13.8 Å². The number of hydrogen-bond donors (Lipinski definition) is 1. The van der Waals surface area contributed by atoms with Gasteiger partial charge in [0.15, 0.2) is 0 Å². The molecule has 2 rings (SSSR count). The van der Waals surface area contributed by atoms with Crippen molar-refractivity contribution < 1.29 is 5.11 Å². The summed E-state index contributed by atoms with van der Waals surface area (Å²) < 4.78 is 0. The van der Waals surface area contributed by atoms with E-state index < -0.39 is 6.10 Å². The molecule has 1 N–H and O–H groups in total. The van der Waals surface area contributed by atoms with Gasteiger partial charge in [-0.2, -0.15) is 0 Å². The van der Waals surface area contributed by atoms with Gasteiger partial charge < -0.3 is 5.11 Å². The van der Waals surface area contributed by atoms with Crippen LogP contribution in [0.2, 0.25) is 10.0 Å². The van der Waals surface area contributed by atoms with Gasteiger partial charge in [-0.25, -0.2) is 0 Å². The maximum absolute atomic E-state index is 10.4. The van der Waals surface area contributed by atoms with Crippen LogP contribution in [-0.4, -0.2) is 5.11 Å². The van der Waals surface area contributed by atoms with Gasteiger partial charge in [-0.15, -0.1) is 0 Å². The third kappa shape index (κ3) is 2.69. The topological polar surface area (TPSA) is 20.2 Å². The Bertz CT molecular complexity index is 579. The Kier molecular flexibility index (Phi) is 3.96. The first kappa shape index (κ1) is 13.4. The van der Waals surface area contributed by atoms with E-state index in [0.29, 0.717) is 15.6 Å². The molecule has 0 unspecified atom stereocenters. The fraction of sp³-hybridized carbons (Fsp3) is 0.200. The Balaban J connectivity index is 2.41. The molecule has 1 atom stereocenters. The molecule has 0 spiro atoms. The van der Waals surface area contributed by atoms with Crippen LogP contribution in [0.1, 0.15) is 28.4 Å². The molecule has 1 nitrogen and oxygen atoms in total. The molecular weight excluding hydrogens is 267 g/mol. The van der Waals surface area contributed by atoms with Crippen molar-refractivity contribution in [2.24, 2.45) is 0 Å². The summed E-state index contributed by atoms with van der Waals surface area (Å²) in [4.78, 5) is 0. The first-order valence-electron chi connectivity index (χ1n) is 5.69. The zero-order valence-electron chi connectivity index (χ0n) is 10.2. The van der Waals surface area contributed by atoms with E-state index >= 15 is 0 Å². The van der Waals surface area contributed by atoms with Crippen molar-refractivity contribution in [1.29, 1.82) is 0 Å². The van der Waals surface area contributed by atoms with E-state index in [1.54, 1.807) is 18.2 Å². The summed E-state index contributed by atoms with van der Waals surface area (Å²) in [5.74, 6) is 0. The molecular formula is C15H14Cl2O. The van der Waals surface area contributed by atoms with Crippen molar-refractivity contribution in [2.45, 2.75) is 20.0 Å². The van der Waals surface area contributed by atoms with Crippen molar-refractivity contribution >= 4 is 23.2 Å². The summed E-state index contributed by atoms with van der Waals surface area (Å²) in [6.45, 7) is 4.07. The predicted octanol–water partition coefficient (Wildman–Crippen LogP) is 4.69. The van der Waals surface area contributed by atoms with E-state index in [4.69, 9.17) is 23.2 Å². The van der Waals surface area contributed by atoms with Crippen LogP contribution in [0.15, 0.2) is 36.4 Å². The highest BCUT2D eigenvalue weighted by atomic mass is 35.5. The minimum atomic E-state index is -0.728. The molecule has 0 aliphatic heterocycles. The van der Waals surface area contributed by atoms with Gasteiger partial charge in [0.25, 0.3) is 0 Å². The van der Waals surface area contributed by atoms with Crippen LogP contribution in [-0.2, 0) is 0 Å². The second-order valence-corrected chi connectivity index (χ2v) is 5.26. The molecule has 0 aromatic heterocycles. The predicted molar refractivity (Wildman–Crippen MR) is 76.4 cm³/mol. The molecule has 0 saturated heterocycles. The third-order valence-corrected chi connectivity index (χ3v) is 3.67. The highest BCUT2D eigenvalue weighted by Gasteiger charge is 2.14. The normalized spacial score (nSPS) is 12.5. The van der Waals surface area contributed by atoms with Crippen molar-refractivity contribution in [1.82, 2.24) is 0 Å².